The van der Waals surface area contributed by atoms with Crippen LogP contribution in [0.1, 0.15) is 45.4 Å². The van der Waals surface area contributed by atoms with Crippen LogP contribution in [0, 0.1) is 11.8 Å². The molecular weight excluding hydrogens is 242 g/mol. The van der Waals surface area contributed by atoms with E-state index in [-0.39, 0.29) is 18.6 Å². The molecule has 2 fully saturated rings. The molecule has 0 aromatic heterocycles. The van der Waals surface area contributed by atoms with E-state index < -0.39 is 0 Å². The van der Waals surface area contributed by atoms with Crippen molar-refractivity contribution in [2.24, 2.45) is 11.8 Å². The summed E-state index contributed by atoms with van der Waals surface area (Å²) in [6.07, 6.45) is 6.13. The van der Waals surface area contributed by atoms with Crippen molar-refractivity contribution in [2.75, 3.05) is 26.3 Å². The molecule has 1 amide bonds. The van der Waals surface area contributed by atoms with Gasteiger partial charge >= 0.3 is 0 Å². The van der Waals surface area contributed by atoms with Crippen LogP contribution in [0.4, 0.5) is 0 Å². The second kappa shape index (κ2) is 7.25. The highest BCUT2D eigenvalue weighted by Crippen LogP contribution is 2.26. The van der Waals surface area contributed by atoms with E-state index in [0.717, 1.165) is 58.2 Å². The summed E-state index contributed by atoms with van der Waals surface area (Å²) < 4.78 is 5.72. The monoisotopic (exact) mass is 269 g/mol. The van der Waals surface area contributed by atoms with Crippen LogP contribution < -0.4 is 0 Å². The summed E-state index contributed by atoms with van der Waals surface area (Å²) >= 11 is 0. The lowest BCUT2D eigenvalue weighted by Gasteiger charge is -2.36. The average Bonchev–Trinajstić information content (AvgIpc) is 2.47. The number of carbonyl (C=O) groups excluding carboxylic acids is 1. The molecule has 2 heterocycles. The van der Waals surface area contributed by atoms with Crippen molar-refractivity contribution >= 4 is 5.91 Å². The van der Waals surface area contributed by atoms with Gasteiger partial charge in [0, 0.05) is 32.2 Å². The Bertz CT molecular complexity index is 285. The van der Waals surface area contributed by atoms with Crippen molar-refractivity contribution in [1.29, 1.82) is 0 Å². The number of likely N-dealkylation sites (tertiary alicyclic amines) is 1. The Morgan fingerprint density at radius 1 is 1.32 bits per heavy atom. The highest BCUT2D eigenvalue weighted by Gasteiger charge is 2.32. The van der Waals surface area contributed by atoms with Gasteiger partial charge in [0.1, 0.15) is 0 Å². The van der Waals surface area contributed by atoms with Crippen molar-refractivity contribution < 1.29 is 14.6 Å². The van der Waals surface area contributed by atoms with Crippen LogP contribution in [0.25, 0.3) is 0 Å². The van der Waals surface area contributed by atoms with Crippen LogP contribution in [0.15, 0.2) is 0 Å². The fourth-order valence-electron chi connectivity index (χ4n) is 3.22. The Labute approximate surface area is 116 Å². The third kappa shape index (κ3) is 3.93. The van der Waals surface area contributed by atoms with Gasteiger partial charge in [-0.1, -0.05) is 13.3 Å². The van der Waals surface area contributed by atoms with Gasteiger partial charge in [-0.2, -0.15) is 0 Å². The van der Waals surface area contributed by atoms with Crippen molar-refractivity contribution in [2.45, 2.75) is 51.6 Å². The largest absolute Gasteiger partial charge is 0.396 e. The molecule has 2 saturated heterocycles. The first-order chi connectivity index (χ1) is 9.24. The summed E-state index contributed by atoms with van der Waals surface area (Å²) in [7, 11) is 0. The number of nitrogens with zero attached hydrogens (tertiary/aromatic N) is 1. The minimum absolute atomic E-state index is 0.163. The Morgan fingerprint density at radius 3 is 2.68 bits per heavy atom. The van der Waals surface area contributed by atoms with Gasteiger partial charge in [0.2, 0.25) is 5.91 Å². The fraction of sp³-hybridized carbons (Fsp3) is 0.933. The molecule has 2 unspecified atom stereocenters. The van der Waals surface area contributed by atoms with Gasteiger partial charge in [0.05, 0.1) is 6.10 Å². The van der Waals surface area contributed by atoms with Gasteiger partial charge in [-0.05, 0) is 38.0 Å². The predicted molar refractivity (Wildman–Crippen MR) is 73.8 cm³/mol. The van der Waals surface area contributed by atoms with E-state index in [1.54, 1.807) is 0 Å². The van der Waals surface area contributed by atoms with Gasteiger partial charge in [-0.25, -0.2) is 0 Å². The Morgan fingerprint density at radius 2 is 2.05 bits per heavy atom. The van der Waals surface area contributed by atoms with E-state index in [0.29, 0.717) is 11.8 Å². The molecule has 0 bridgehead atoms. The number of rotatable bonds is 4. The molecule has 2 atom stereocenters. The number of carbonyl (C=O) groups is 1. The molecule has 110 valence electrons. The summed E-state index contributed by atoms with van der Waals surface area (Å²) in [5.41, 5.74) is 0. The summed E-state index contributed by atoms with van der Waals surface area (Å²) in [5, 5.41) is 9.14. The maximum absolute atomic E-state index is 12.5. The summed E-state index contributed by atoms with van der Waals surface area (Å²) in [6.45, 7) is 4.79. The molecule has 0 aromatic carbocycles. The van der Waals surface area contributed by atoms with Crippen LogP contribution in [0.3, 0.4) is 0 Å². The topological polar surface area (TPSA) is 49.8 Å². The van der Waals surface area contributed by atoms with E-state index in [4.69, 9.17) is 9.84 Å². The number of hydrogen-bond donors (Lipinski definition) is 1. The molecule has 4 heteroatoms. The van der Waals surface area contributed by atoms with Crippen molar-refractivity contribution in [3.63, 3.8) is 0 Å². The maximum Gasteiger partial charge on any atom is 0.225 e. The predicted octanol–water partition coefficient (Wildman–Crippen LogP) is 1.81. The second-order valence-electron chi connectivity index (χ2n) is 5.95. The smallest absolute Gasteiger partial charge is 0.225 e. The van der Waals surface area contributed by atoms with Crippen LogP contribution >= 0.6 is 0 Å². The van der Waals surface area contributed by atoms with Gasteiger partial charge in [0.25, 0.3) is 0 Å². The Kier molecular flexibility index (Phi) is 5.64. The highest BCUT2D eigenvalue weighted by atomic mass is 16.5. The molecule has 2 aliphatic rings. The van der Waals surface area contributed by atoms with E-state index >= 15 is 0 Å². The normalized spacial score (nSPS) is 29.5. The average molecular weight is 269 g/mol. The number of aliphatic hydroxyl groups is 1. The van der Waals surface area contributed by atoms with Crippen molar-refractivity contribution in [3.05, 3.63) is 0 Å². The summed E-state index contributed by atoms with van der Waals surface area (Å²) in [4.78, 5) is 14.5. The lowest BCUT2D eigenvalue weighted by atomic mass is 9.90. The number of hydrogen-bond acceptors (Lipinski definition) is 3. The van der Waals surface area contributed by atoms with E-state index in [1.165, 1.54) is 0 Å². The zero-order valence-corrected chi connectivity index (χ0v) is 12.0. The quantitative estimate of drug-likeness (QED) is 0.847. The molecule has 0 aliphatic carbocycles. The third-order valence-electron chi connectivity index (χ3n) is 4.51. The molecular formula is C15H27NO3. The first-order valence-electron chi connectivity index (χ1n) is 7.75. The molecule has 2 aliphatic heterocycles. The number of aliphatic hydroxyl groups excluding tert-OH is 1. The molecule has 19 heavy (non-hydrogen) atoms. The molecule has 4 nitrogen and oxygen atoms in total. The highest BCUT2D eigenvalue weighted by molar-refractivity contribution is 5.79. The molecule has 2 rings (SSSR count). The lowest BCUT2D eigenvalue weighted by Crippen LogP contribution is -2.44. The van der Waals surface area contributed by atoms with Crippen LogP contribution in [0.5, 0.6) is 0 Å². The number of piperidine rings is 1. The third-order valence-corrected chi connectivity index (χ3v) is 4.51. The zero-order valence-electron chi connectivity index (χ0n) is 12.0. The summed E-state index contributed by atoms with van der Waals surface area (Å²) in [5.74, 6) is 0.878. The van der Waals surface area contributed by atoms with Gasteiger partial charge in [-0.15, -0.1) is 0 Å². The van der Waals surface area contributed by atoms with Crippen LogP contribution in [-0.2, 0) is 9.53 Å². The first kappa shape index (κ1) is 14.8. The van der Waals surface area contributed by atoms with Crippen molar-refractivity contribution in [3.8, 4) is 0 Å². The lowest BCUT2D eigenvalue weighted by molar-refractivity contribution is -0.142. The number of ether oxygens (including phenoxy) is 1. The Balaban J connectivity index is 1.82. The maximum atomic E-state index is 12.5. The van der Waals surface area contributed by atoms with E-state index in [2.05, 4.69) is 6.92 Å². The van der Waals surface area contributed by atoms with Gasteiger partial charge in [0.15, 0.2) is 0 Å². The molecule has 1 N–H and O–H groups in total. The fourth-order valence-corrected chi connectivity index (χ4v) is 3.22. The first-order valence-corrected chi connectivity index (χ1v) is 7.75. The van der Waals surface area contributed by atoms with Gasteiger partial charge < -0.3 is 14.7 Å². The van der Waals surface area contributed by atoms with Crippen LogP contribution in [-0.4, -0.2) is 48.3 Å². The standard InChI is InChI=1S/C15H27NO3/c1-2-3-14-10-13(6-9-19-14)15(18)16-7-4-12(11-17)5-8-16/h12-14,17H,2-11H2,1H3. The van der Waals surface area contributed by atoms with Gasteiger partial charge in [-0.3, -0.25) is 4.79 Å². The molecule has 0 spiro atoms. The van der Waals surface area contributed by atoms with Crippen LogP contribution in [0.2, 0.25) is 0 Å². The SMILES string of the molecule is CCCC1CC(C(=O)N2CCC(CO)CC2)CCO1. The minimum atomic E-state index is 0.163. The van der Waals surface area contributed by atoms with E-state index in [1.807, 2.05) is 4.90 Å². The van der Waals surface area contributed by atoms with E-state index in [9.17, 15) is 4.79 Å². The zero-order chi connectivity index (χ0) is 13.7. The molecule has 0 aromatic rings. The molecule has 0 radical (unpaired) electrons. The second-order valence-corrected chi connectivity index (χ2v) is 5.95. The number of amides is 1. The summed E-state index contributed by atoms with van der Waals surface area (Å²) in [6, 6.07) is 0. The molecule has 0 saturated carbocycles. The van der Waals surface area contributed by atoms with Crippen molar-refractivity contribution in [1.82, 2.24) is 4.90 Å². The minimum Gasteiger partial charge on any atom is -0.396 e. The Hall–Kier alpha value is -0.610.